The summed E-state index contributed by atoms with van der Waals surface area (Å²) < 4.78 is 14.5. The van der Waals surface area contributed by atoms with Crippen molar-refractivity contribution in [3.8, 4) is 0 Å². The number of ketones is 1. The van der Waals surface area contributed by atoms with Crippen molar-refractivity contribution < 1.29 is 14.0 Å². The first kappa shape index (κ1) is 13.3. The van der Waals surface area contributed by atoms with Crippen molar-refractivity contribution in [3.05, 3.63) is 53.1 Å². The molecular formula is C13H10ClFN2O2. The fourth-order valence-electron chi connectivity index (χ4n) is 1.58. The maximum absolute atomic E-state index is 13.0. The highest BCUT2D eigenvalue weighted by atomic mass is 35.5. The number of aryl methyl sites for hydroxylation is 1. The largest absolute Gasteiger partial charge is 0.348 e. The lowest BCUT2D eigenvalue weighted by atomic mass is 10.2. The lowest BCUT2D eigenvalue weighted by molar-refractivity contribution is -0.112. The number of benzene rings is 1. The average molecular weight is 281 g/mol. The zero-order valence-corrected chi connectivity index (χ0v) is 10.7. The fraction of sp³-hybridized carbons (Fsp3) is 0.0769. The first-order valence-electron chi connectivity index (χ1n) is 5.41. The van der Waals surface area contributed by atoms with Gasteiger partial charge in [-0.3, -0.25) is 9.59 Å². The second-order valence-electron chi connectivity index (χ2n) is 3.92. The van der Waals surface area contributed by atoms with Gasteiger partial charge in [-0.25, -0.2) is 4.39 Å². The second-order valence-corrected chi connectivity index (χ2v) is 4.32. The molecule has 6 heteroatoms. The van der Waals surface area contributed by atoms with Gasteiger partial charge in [-0.1, -0.05) is 11.6 Å². The summed E-state index contributed by atoms with van der Waals surface area (Å²) in [6, 6.07) is 6.89. The van der Waals surface area contributed by atoms with E-state index in [4.69, 9.17) is 11.6 Å². The molecule has 0 aliphatic carbocycles. The van der Waals surface area contributed by atoms with Gasteiger partial charge in [0, 0.05) is 18.9 Å². The number of nitrogens with zero attached hydrogens (tertiary/aromatic N) is 1. The Kier molecular flexibility index (Phi) is 3.66. The zero-order chi connectivity index (χ0) is 14.0. The van der Waals surface area contributed by atoms with Crippen LogP contribution < -0.4 is 5.32 Å². The normalized spacial score (nSPS) is 10.3. The van der Waals surface area contributed by atoms with Crippen LogP contribution in [0.4, 0.5) is 10.1 Å². The van der Waals surface area contributed by atoms with Gasteiger partial charge in [0.05, 0.1) is 10.7 Å². The number of hydrogen-bond donors (Lipinski definition) is 1. The molecule has 0 atom stereocenters. The van der Waals surface area contributed by atoms with Crippen LogP contribution in [0.3, 0.4) is 0 Å². The number of rotatable bonds is 3. The first-order chi connectivity index (χ1) is 8.99. The molecule has 1 amide bonds. The Morgan fingerprint density at radius 2 is 2.05 bits per heavy atom. The molecule has 98 valence electrons. The predicted octanol–water partition coefficient (Wildman–Crippen LogP) is 2.64. The first-order valence-corrected chi connectivity index (χ1v) is 5.79. The molecule has 19 heavy (non-hydrogen) atoms. The Bertz CT molecular complexity index is 652. The van der Waals surface area contributed by atoms with Gasteiger partial charge in [-0.05, 0) is 30.3 Å². The highest BCUT2D eigenvalue weighted by molar-refractivity contribution is 6.46. The molecule has 0 aliphatic heterocycles. The van der Waals surface area contributed by atoms with Crippen molar-refractivity contribution in [2.24, 2.45) is 7.05 Å². The van der Waals surface area contributed by atoms with E-state index in [9.17, 15) is 14.0 Å². The minimum atomic E-state index is -0.801. The Morgan fingerprint density at radius 3 is 2.63 bits per heavy atom. The molecule has 0 saturated heterocycles. The molecule has 4 nitrogen and oxygen atoms in total. The average Bonchev–Trinajstić information content (AvgIpc) is 2.79. The maximum Gasteiger partial charge on any atom is 0.298 e. The summed E-state index contributed by atoms with van der Waals surface area (Å²) in [5, 5.41) is 2.25. The van der Waals surface area contributed by atoms with Crippen LogP contribution >= 0.6 is 11.6 Å². The summed E-state index contributed by atoms with van der Waals surface area (Å²) >= 11 is 5.59. The van der Waals surface area contributed by atoms with Crippen molar-refractivity contribution in [3.63, 3.8) is 0 Å². The molecule has 0 bridgehead atoms. The van der Waals surface area contributed by atoms with Crippen molar-refractivity contribution in [2.75, 3.05) is 5.32 Å². The minimum Gasteiger partial charge on any atom is -0.348 e. The van der Waals surface area contributed by atoms with Gasteiger partial charge < -0.3 is 9.88 Å². The van der Waals surface area contributed by atoms with Crippen LogP contribution in [0.1, 0.15) is 10.5 Å². The SMILES string of the molecule is Cn1cccc1C(=O)C(=O)Nc1ccc(F)c(Cl)c1. The number of nitrogens with one attached hydrogen (secondary N) is 1. The van der Waals surface area contributed by atoms with Crippen LogP contribution in [0.15, 0.2) is 36.5 Å². The van der Waals surface area contributed by atoms with Gasteiger partial charge in [-0.2, -0.15) is 0 Å². The van der Waals surface area contributed by atoms with Crippen molar-refractivity contribution in [1.29, 1.82) is 0 Å². The van der Waals surface area contributed by atoms with E-state index in [-0.39, 0.29) is 16.4 Å². The summed E-state index contributed by atoms with van der Waals surface area (Å²) in [5.41, 5.74) is 0.532. The van der Waals surface area contributed by atoms with Crippen LogP contribution in [0.5, 0.6) is 0 Å². The number of amides is 1. The number of carbonyl (C=O) groups is 2. The summed E-state index contributed by atoms with van der Waals surface area (Å²) in [5.74, 6) is -2.06. The molecule has 0 fully saturated rings. The van der Waals surface area contributed by atoms with E-state index in [1.165, 1.54) is 12.1 Å². The summed E-state index contributed by atoms with van der Waals surface area (Å²) in [6.07, 6.45) is 1.66. The van der Waals surface area contributed by atoms with E-state index in [0.717, 1.165) is 6.07 Å². The monoisotopic (exact) mass is 280 g/mol. The quantitative estimate of drug-likeness (QED) is 0.694. The molecule has 0 unspecified atom stereocenters. The lowest BCUT2D eigenvalue weighted by Crippen LogP contribution is -2.24. The Hall–Kier alpha value is -2.14. The molecule has 1 heterocycles. The van der Waals surface area contributed by atoms with Crippen LogP contribution in [0.25, 0.3) is 0 Å². The molecule has 1 N–H and O–H groups in total. The number of halogens is 2. The lowest BCUT2D eigenvalue weighted by Gasteiger charge is -2.06. The summed E-state index contributed by atoms with van der Waals surface area (Å²) in [6.45, 7) is 0. The molecule has 2 rings (SSSR count). The van der Waals surface area contributed by atoms with E-state index in [0.29, 0.717) is 0 Å². The van der Waals surface area contributed by atoms with Gasteiger partial charge >= 0.3 is 0 Å². The predicted molar refractivity (Wildman–Crippen MR) is 69.8 cm³/mol. The third-order valence-corrected chi connectivity index (χ3v) is 2.85. The summed E-state index contributed by atoms with van der Waals surface area (Å²) in [7, 11) is 1.66. The standard InChI is InChI=1S/C13H10ClFN2O2/c1-17-6-2-3-11(17)12(18)13(19)16-8-4-5-10(15)9(14)7-8/h2-7H,1H3,(H,16,19). The van der Waals surface area contributed by atoms with Gasteiger partial charge in [0.15, 0.2) is 0 Å². The Balaban J connectivity index is 2.15. The molecule has 0 radical (unpaired) electrons. The van der Waals surface area contributed by atoms with Gasteiger partial charge in [0.2, 0.25) is 0 Å². The molecule has 1 aromatic carbocycles. The van der Waals surface area contributed by atoms with Crippen LogP contribution in [0, 0.1) is 5.82 Å². The zero-order valence-electron chi connectivity index (χ0n) is 9.98. The van der Waals surface area contributed by atoms with Crippen molar-refractivity contribution in [1.82, 2.24) is 4.57 Å². The number of Topliss-reactive ketones (excluding diaryl/α,β-unsaturated/α-hetero) is 1. The van der Waals surface area contributed by atoms with E-state index >= 15 is 0 Å². The topological polar surface area (TPSA) is 51.1 Å². The number of aromatic nitrogens is 1. The molecule has 0 saturated carbocycles. The van der Waals surface area contributed by atoms with Crippen molar-refractivity contribution in [2.45, 2.75) is 0 Å². The van der Waals surface area contributed by atoms with E-state index < -0.39 is 17.5 Å². The highest BCUT2D eigenvalue weighted by Gasteiger charge is 2.18. The van der Waals surface area contributed by atoms with Crippen LogP contribution in [-0.4, -0.2) is 16.3 Å². The molecule has 1 aromatic heterocycles. The number of hydrogen-bond acceptors (Lipinski definition) is 2. The molecule has 2 aromatic rings. The van der Waals surface area contributed by atoms with Crippen LogP contribution in [-0.2, 0) is 11.8 Å². The second kappa shape index (κ2) is 5.24. The number of carbonyl (C=O) groups excluding carboxylic acids is 2. The van der Waals surface area contributed by atoms with Gasteiger partial charge in [0.1, 0.15) is 5.82 Å². The molecule has 0 aliphatic rings. The van der Waals surface area contributed by atoms with Crippen LogP contribution in [0.2, 0.25) is 5.02 Å². The molecule has 0 spiro atoms. The summed E-state index contributed by atoms with van der Waals surface area (Å²) in [4.78, 5) is 23.6. The van der Waals surface area contributed by atoms with E-state index in [1.807, 2.05) is 0 Å². The Labute approximate surface area is 113 Å². The van der Waals surface area contributed by atoms with Crippen molar-refractivity contribution >= 4 is 29.0 Å². The third kappa shape index (κ3) is 2.82. The van der Waals surface area contributed by atoms with Gasteiger partial charge in [-0.15, -0.1) is 0 Å². The van der Waals surface area contributed by atoms with Gasteiger partial charge in [0.25, 0.3) is 11.7 Å². The Morgan fingerprint density at radius 1 is 1.32 bits per heavy atom. The highest BCUT2D eigenvalue weighted by Crippen LogP contribution is 2.19. The fourth-order valence-corrected chi connectivity index (χ4v) is 1.76. The third-order valence-electron chi connectivity index (χ3n) is 2.56. The van der Waals surface area contributed by atoms with E-state index in [2.05, 4.69) is 5.32 Å². The minimum absolute atomic E-state index is 0.121. The van der Waals surface area contributed by atoms with E-state index in [1.54, 1.807) is 29.9 Å². The number of anilines is 1. The maximum atomic E-state index is 13.0. The smallest absolute Gasteiger partial charge is 0.298 e. The molecular weight excluding hydrogens is 271 g/mol.